The van der Waals surface area contributed by atoms with Crippen LogP contribution in [0.3, 0.4) is 0 Å². The van der Waals surface area contributed by atoms with Gasteiger partial charge in [0.2, 0.25) is 0 Å². The van der Waals surface area contributed by atoms with Crippen LogP contribution in [0.15, 0.2) is 18.2 Å². The summed E-state index contributed by atoms with van der Waals surface area (Å²) in [6, 6.07) is 7.29. The maximum atomic E-state index is 2.46. The van der Waals surface area contributed by atoms with Crippen molar-refractivity contribution in [3.63, 3.8) is 0 Å². The molecule has 0 saturated heterocycles. The van der Waals surface area contributed by atoms with E-state index in [9.17, 15) is 0 Å². The number of hydrogen-bond acceptors (Lipinski definition) is 0. The summed E-state index contributed by atoms with van der Waals surface area (Å²) >= 11 is 0. The second-order valence-corrected chi connectivity index (χ2v) is 13.9. The highest BCUT2D eigenvalue weighted by molar-refractivity contribution is 5.36. The van der Waals surface area contributed by atoms with Crippen LogP contribution in [-0.4, -0.2) is 0 Å². The lowest BCUT2D eigenvalue weighted by molar-refractivity contribution is 0.534. The quantitative estimate of drug-likeness (QED) is 0.0723. The highest BCUT2D eigenvalue weighted by atomic mass is 14.1. The summed E-state index contributed by atoms with van der Waals surface area (Å²) in [5, 5.41) is 0. The van der Waals surface area contributed by atoms with Crippen molar-refractivity contribution in [1.82, 2.24) is 0 Å². The molecule has 0 heteroatoms. The first kappa shape index (κ1) is 39.2. The Bertz CT molecular complexity index is 608. The molecule has 1 aromatic carbocycles. The highest BCUT2D eigenvalue weighted by Crippen LogP contribution is 2.23. The van der Waals surface area contributed by atoms with E-state index >= 15 is 0 Å². The standard InChI is InChI=1S/C42H78/c1-4-7-10-12-14-16-18-20-22-24-26-28-30-32-35-40-37-34-38-41(42(40)39-9-6-3)36-33-31-29-27-25-23-21-19-17-15-13-11-8-5-2/h34,37-38H,4-33,35-36,39H2,1-3H3. The van der Waals surface area contributed by atoms with Crippen molar-refractivity contribution in [1.29, 1.82) is 0 Å². The average molecular weight is 583 g/mol. The molecular weight excluding hydrogens is 504 g/mol. The summed E-state index contributed by atoms with van der Waals surface area (Å²) in [5.41, 5.74) is 5.11. The third kappa shape index (κ3) is 23.6. The maximum Gasteiger partial charge on any atom is -0.0274 e. The molecule has 0 atom stereocenters. The van der Waals surface area contributed by atoms with Crippen LogP contribution in [0.2, 0.25) is 0 Å². The first-order chi connectivity index (χ1) is 20.8. The van der Waals surface area contributed by atoms with Gasteiger partial charge in [-0.25, -0.2) is 0 Å². The van der Waals surface area contributed by atoms with E-state index in [0.29, 0.717) is 0 Å². The van der Waals surface area contributed by atoms with Crippen LogP contribution in [0, 0.1) is 0 Å². The molecule has 0 fully saturated rings. The number of aryl methyl sites for hydroxylation is 2. The molecule has 0 bridgehead atoms. The van der Waals surface area contributed by atoms with E-state index in [-0.39, 0.29) is 0 Å². The van der Waals surface area contributed by atoms with Gasteiger partial charge < -0.3 is 0 Å². The Labute approximate surface area is 267 Å². The molecule has 0 saturated carbocycles. The van der Waals surface area contributed by atoms with Crippen molar-refractivity contribution >= 4 is 0 Å². The molecule has 0 spiro atoms. The lowest BCUT2D eigenvalue weighted by Gasteiger charge is -2.15. The highest BCUT2D eigenvalue weighted by Gasteiger charge is 2.08. The van der Waals surface area contributed by atoms with Crippen molar-refractivity contribution in [2.45, 2.75) is 233 Å². The lowest BCUT2D eigenvalue weighted by Crippen LogP contribution is -2.02. The lowest BCUT2D eigenvalue weighted by atomic mass is 9.90. The van der Waals surface area contributed by atoms with Gasteiger partial charge in [-0.05, 0) is 55.2 Å². The largest absolute Gasteiger partial charge is 0.0654 e. The van der Waals surface area contributed by atoms with Crippen LogP contribution in [0.25, 0.3) is 0 Å². The van der Waals surface area contributed by atoms with Gasteiger partial charge in [-0.2, -0.15) is 0 Å². The van der Waals surface area contributed by atoms with Gasteiger partial charge in [0, 0.05) is 0 Å². The van der Waals surface area contributed by atoms with E-state index in [1.54, 1.807) is 16.7 Å². The summed E-state index contributed by atoms with van der Waals surface area (Å²) in [5.74, 6) is 0. The van der Waals surface area contributed by atoms with Crippen LogP contribution in [0.1, 0.15) is 230 Å². The Hall–Kier alpha value is -0.780. The van der Waals surface area contributed by atoms with E-state index in [0.717, 1.165) is 0 Å². The fourth-order valence-corrected chi connectivity index (χ4v) is 6.85. The van der Waals surface area contributed by atoms with Crippen LogP contribution in [0.5, 0.6) is 0 Å². The zero-order chi connectivity index (χ0) is 30.2. The van der Waals surface area contributed by atoms with Crippen LogP contribution >= 0.6 is 0 Å². The van der Waals surface area contributed by atoms with Gasteiger partial charge in [0.25, 0.3) is 0 Å². The molecule has 0 heterocycles. The Kier molecular flexibility index (Phi) is 29.6. The number of hydrogen-bond donors (Lipinski definition) is 0. The number of rotatable bonds is 33. The molecule has 0 amide bonds. The predicted molar refractivity (Wildman–Crippen MR) is 193 cm³/mol. The number of benzene rings is 1. The Morgan fingerprint density at radius 1 is 0.286 bits per heavy atom. The second kappa shape index (κ2) is 31.6. The topological polar surface area (TPSA) is 0 Å². The number of unbranched alkanes of at least 4 members (excludes halogenated alkanes) is 27. The fraction of sp³-hybridized carbons (Fsp3) is 0.857. The minimum absolute atomic E-state index is 1.30. The molecule has 0 aliphatic heterocycles. The monoisotopic (exact) mass is 583 g/mol. The molecule has 0 aliphatic carbocycles. The minimum Gasteiger partial charge on any atom is -0.0654 e. The summed E-state index contributed by atoms with van der Waals surface area (Å²) in [7, 11) is 0. The van der Waals surface area contributed by atoms with Crippen molar-refractivity contribution < 1.29 is 0 Å². The third-order valence-corrected chi connectivity index (χ3v) is 9.75. The van der Waals surface area contributed by atoms with Crippen LogP contribution < -0.4 is 0 Å². The normalized spacial score (nSPS) is 11.5. The molecule has 0 aliphatic rings. The molecule has 0 N–H and O–H groups in total. The molecule has 246 valence electrons. The Morgan fingerprint density at radius 2 is 0.548 bits per heavy atom. The van der Waals surface area contributed by atoms with Crippen LogP contribution in [0.4, 0.5) is 0 Å². The van der Waals surface area contributed by atoms with Gasteiger partial charge in [-0.15, -0.1) is 0 Å². The summed E-state index contributed by atoms with van der Waals surface area (Å²) in [6.07, 6.45) is 47.1. The van der Waals surface area contributed by atoms with Crippen LogP contribution in [-0.2, 0) is 19.3 Å². The van der Waals surface area contributed by atoms with E-state index < -0.39 is 0 Å². The Morgan fingerprint density at radius 3 is 0.833 bits per heavy atom. The van der Waals surface area contributed by atoms with Gasteiger partial charge in [-0.1, -0.05) is 212 Å². The van der Waals surface area contributed by atoms with Gasteiger partial charge in [0.1, 0.15) is 0 Å². The molecular formula is C42H78. The first-order valence-electron chi connectivity index (χ1n) is 19.9. The molecule has 0 aromatic heterocycles. The first-order valence-corrected chi connectivity index (χ1v) is 19.9. The molecule has 42 heavy (non-hydrogen) atoms. The Balaban J connectivity index is 2.13. The summed E-state index contributed by atoms with van der Waals surface area (Å²) < 4.78 is 0. The smallest absolute Gasteiger partial charge is 0.0274 e. The zero-order valence-electron chi connectivity index (χ0n) is 29.6. The van der Waals surface area contributed by atoms with Gasteiger partial charge in [-0.3, -0.25) is 0 Å². The molecule has 1 rings (SSSR count). The van der Waals surface area contributed by atoms with E-state index in [1.807, 2.05) is 0 Å². The van der Waals surface area contributed by atoms with Crippen molar-refractivity contribution in [2.75, 3.05) is 0 Å². The van der Waals surface area contributed by atoms with Gasteiger partial charge >= 0.3 is 0 Å². The van der Waals surface area contributed by atoms with E-state index in [4.69, 9.17) is 0 Å². The zero-order valence-corrected chi connectivity index (χ0v) is 29.6. The SMILES string of the molecule is CCCCCCCCCCCCCCCCc1cccc(CCCCCCCCCCCCCCCC)c1CCCC. The predicted octanol–water partition coefficient (Wildman–Crippen LogP) is 15.1. The molecule has 0 radical (unpaired) electrons. The fourth-order valence-electron chi connectivity index (χ4n) is 6.85. The van der Waals surface area contributed by atoms with Crippen molar-refractivity contribution in [3.8, 4) is 0 Å². The van der Waals surface area contributed by atoms with Gasteiger partial charge in [0.05, 0.1) is 0 Å². The molecule has 0 unspecified atom stereocenters. The summed E-state index contributed by atoms with van der Waals surface area (Å²) in [6.45, 7) is 6.97. The summed E-state index contributed by atoms with van der Waals surface area (Å²) in [4.78, 5) is 0. The van der Waals surface area contributed by atoms with E-state index in [1.165, 1.54) is 212 Å². The molecule has 1 aromatic rings. The van der Waals surface area contributed by atoms with E-state index in [2.05, 4.69) is 39.0 Å². The maximum absolute atomic E-state index is 2.46. The second-order valence-electron chi connectivity index (χ2n) is 13.9. The van der Waals surface area contributed by atoms with Gasteiger partial charge in [0.15, 0.2) is 0 Å². The molecule has 0 nitrogen and oxygen atoms in total. The average Bonchev–Trinajstić information content (AvgIpc) is 3.00. The van der Waals surface area contributed by atoms with Crippen molar-refractivity contribution in [2.24, 2.45) is 0 Å². The minimum atomic E-state index is 1.30. The third-order valence-electron chi connectivity index (χ3n) is 9.75. The van der Waals surface area contributed by atoms with Crippen molar-refractivity contribution in [3.05, 3.63) is 34.9 Å².